The lowest BCUT2D eigenvalue weighted by Crippen LogP contribution is -2.26. The highest BCUT2D eigenvalue weighted by molar-refractivity contribution is 7.91. The van der Waals surface area contributed by atoms with Gasteiger partial charge in [0.1, 0.15) is 4.21 Å². The van der Waals surface area contributed by atoms with Crippen LogP contribution >= 0.6 is 11.3 Å². The first kappa shape index (κ1) is 13.9. The van der Waals surface area contributed by atoms with Gasteiger partial charge >= 0.3 is 5.97 Å². The molecule has 0 aliphatic heterocycles. The van der Waals surface area contributed by atoms with Gasteiger partial charge in [0.2, 0.25) is 10.0 Å². The van der Waals surface area contributed by atoms with E-state index in [2.05, 4.69) is 9.46 Å². The molecule has 0 bridgehead atoms. The Morgan fingerprint density at radius 2 is 2.29 bits per heavy atom. The van der Waals surface area contributed by atoms with Gasteiger partial charge in [0.05, 0.1) is 13.0 Å². The van der Waals surface area contributed by atoms with Gasteiger partial charge in [-0.15, -0.1) is 11.3 Å². The Labute approximate surface area is 104 Å². The van der Waals surface area contributed by atoms with Gasteiger partial charge in [-0.25, -0.2) is 13.1 Å². The summed E-state index contributed by atoms with van der Waals surface area (Å²) in [7, 11) is -3.57. The molecule has 96 valence electrons. The summed E-state index contributed by atoms with van der Waals surface area (Å²) in [5.74, 6) is -0.430. The van der Waals surface area contributed by atoms with E-state index in [1.165, 1.54) is 6.07 Å². The van der Waals surface area contributed by atoms with E-state index in [1.807, 2.05) is 0 Å². The lowest BCUT2D eigenvalue weighted by molar-refractivity contribution is -0.142. The van der Waals surface area contributed by atoms with Crippen molar-refractivity contribution in [2.75, 3.05) is 18.9 Å². The van der Waals surface area contributed by atoms with Crippen LogP contribution in [0.3, 0.4) is 0 Å². The Kier molecular flexibility index (Phi) is 4.91. The molecule has 0 fully saturated rings. The molecular weight excluding hydrogens is 264 g/mol. The van der Waals surface area contributed by atoms with Gasteiger partial charge in [-0.2, -0.15) is 0 Å². The van der Waals surface area contributed by atoms with E-state index in [0.717, 1.165) is 11.3 Å². The Hall–Kier alpha value is -1.12. The number of sulfonamides is 1. The van der Waals surface area contributed by atoms with Crippen molar-refractivity contribution < 1.29 is 17.9 Å². The van der Waals surface area contributed by atoms with Crippen LogP contribution in [0.15, 0.2) is 15.7 Å². The van der Waals surface area contributed by atoms with Crippen molar-refractivity contribution in [1.29, 1.82) is 0 Å². The number of nitrogens with two attached hydrogens (primary N) is 1. The first-order valence-corrected chi connectivity index (χ1v) is 7.31. The normalized spacial score (nSPS) is 11.4. The highest BCUT2D eigenvalue weighted by Crippen LogP contribution is 2.21. The average Bonchev–Trinajstić information content (AvgIpc) is 2.65. The Bertz CT molecular complexity index is 481. The molecule has 0 atom stereocenters. The fourth-order valence-electron chi connectivity index (χ4n) is 1.06. The maximum atomic E-state index is 11.7. The van der Waals surface area contributed by atoms with Crippen LogP contribution in [0.4, 0.5) is 5.69 Å². The molecule has 1 aromatic heterocycles. The predicted octanol–water partition coefficient (Wildman–Crippen LogP) is 0.562. The summed E-state index contributed by atoms with van der Waals surface area (Å²) in [5.41, 5.74) is 5.84. The van der Waals surface area contributed by atoms with Crippen LogP contribution in [-0.4, -0.2) is 27.5 Å². The molecule has 6 nitrogen and oxygen atoms in total. The summed E-state index contributed by atoms with van der Waals surface area (Å²) in [4.78, 5) is 11.0. The second-order valence-corrected chi connectivity index (χ2v) is 6.06. The summed E-state index contributed by atoms with van der Waals surface area (Å²) >= 11 is 1.03. The summed E-state index contributed by atoms with van der Waals surface area (Å²) in [6.45, 7) is 1.99. The molecule has 17 heavy (non-hydrogen) atoms. The topological polar surface area (TPSA) is 98.5 Å². The van der Waals surface area contributed by atoms with Gasteiger partial charge in [0.15, 0.2) is 0 Å². The third-order valence-electron chi connectivity index (χ3n) is 1.79. The van der Waals surface area contributed by atoms with Crippen molar-refractivity contribution in [3.63, 3.8) is 0 Å². The number of hydrogen-bond acceptors (Lipinski definition) is 6. The Balaban J connectivity index is 2.49. The molecular formula is C9H14N2O4S2. The predicted molar refractivity (Wildman–Crippen MR) is 65.2 cm³/mol. The number of rotatable bonds is 6. The van der Waals surface area contributed by atoms with Crippen molar-refractivity contribution in [2.45, 2.75) is 17.6 Å². The van der Waals surface area contributed by atoms with E-state index in [-0.39, 0.29) is 23.8 Å². The van der Waals surface area contributed by atoms with Gasteiger partial charge < -0.3 is 10.5 Å². The number of hydrogen-bond donors (Lipinski definition) is 2. The molecule has 0 unspecified atom stereocenters. The van der Waals surface area contributed by atoms with Crippen LogP contribution in [0.5, 0.6) is 0 Å². The first-order chi connectivity index (χ1) is 7.95. The number of carbonyl (C=O) groups is 1. The van der Waals surface area contributed by atoms with Crippen molar-refractivity contribution in [3.05, 3.63) is 11.4 Å². The number of carbonyl (C=O) groups excluding carboxylic acids is 1. The standard InChI is InChI=1S/C9H14N2O4S2/c1-2-15-8(12)3-4-11-17(13,14)9-5-7(10)6-16-9/h5-6,11H,2-4,10H2,1H3. The van der Waals surface area contributed by atoms with Gasteiger partial charge in [0.25, 0.3) is 0 Å². The lowest BCUT2D eigenvalue weighted by atomic mass is 10.4. The van der Waals surface area contributed by atoms with Crippen LogP contribution < -0.4 is 10.5 Å². The molecule has 0 saturated heterocycles. The van der Waals surface area contributed by atoms with E-state index in [1.54, 1.807) is 12.3 Å². The molecule has 1 heterocycles. The first-order valence-electron chi connectivity index (χ1n) is 4.95. The third kappa shape index (κ3) is 4.33. The van der Waals surface area contributed by atoms with Crippen LogP contribution in [0.1, 0.15) is 13.3 Å². The van der Waals surface area contributed by atoms with Gasteiger partial charge in [-0.3, -0.25) is 4.79 Å². The molecule has 0 saturated carbocycles. The quantitative estimate of drug-likeness (QED) is 0.741. The maximum absolute atomic E-state index is 11.7. The summed E-state index contributed by atoms with van der Waals surface area (Å²) in [6.07, 6.45) is 0.00786. The molecule has 8 heteroatoms. The van der Waals surface area contributed by atoms with E-state index in [0.29, 0.717) is 5.69 Å². The number of esters is 1. The van der Waals surface area contributed by atoms with E-state index in [9.17, 15) is 13.2 Å². The lowest BCUT2D eigenvalue weighted by Gasteiger charge is -2.04. The minimum absolute atomic E-state index is 0.00786. The molecule has 0 aromatic carbocycles. The highest BCUT2D eigenvalue weighted by Gasteiger charge is 2.16. The fourth-order valence-corrected chi connectivity index (χ4v) is 3.22. The van der Waals surface area contributed by atoms with Gasteiger partial charge in [-0.05, 0) is 13.0 Å². The highest BCUT2D eigenvalue weighted by atomic mass is 32.2. The molecule has 0 aliphatic rings. The van der Waals surface area contributed by atoms with Gasteiger partial charge in [0, 0.05) is 17.6 Å². The minimum Gasteiger partial charge on any atom is -0.466 e. The second-order valence-electron chi connectivity index (χ2n) is 3.15. The number of nitrogens with one attached hydrogen (secondary N) is 1. The van der Waals surface area contributed by atoms with Crippen molar-refractivity contribution in [2.24, 2.45) is 0 Å². The van der Waals surface area contributed by atoms with Crippen molar-refractivity contribution in [3.8, 4) is 0 Å². The summed E-state index contributed by atoms with van der Waals surface area (Å²) < 4.78 is 30.5. The molecule has 0 aliphatic carbocycles. The third-order valence-corrected chi connectivity index (χ3v) is 4.71. The maximum Gasteiger partial charge on any atom is 0.307 e. The second kappa shape index (κ2) is 5.99. The zero-order valence-corrected chi connectivity index (χ0v) is 10.9. The largest absolute Gasteiger partial charge is 0.466 e. The molecule has 0 spiro atoms. The molecule has 0 radical (unpaired) electrons. The van der Waals surface area contributed by atoms with Crippen LogP contribution in [0.2, 0.25) is 0 Å². The number of thiophene rings is 1. The Morgan fingerprint density at radius 3 is 2.82 bits per heavy atom. The molecule has 1 aromatic rings. The number of anilines is 1. The van der Waals surface area contributed by atoms with Crippen molar-refractivity contribution in [1.82, 2.24) is 4.72 Å². The average molecular weight is 278 g/mol. The SMILES string of the molecule is CCOC(=O)CCNS(=O)(=O)c1cc(N)cs1. The van der Waals surface area contributed by atoms with E-state index < -0.39 is 16.0 Å². The molecule has 3 N–H and O–H groups in total. The Morgan fingerprint density at radius 1 is 1.59 bits per heavy atom. The molecule has 1 rings (SSSR count). The zero-order valence-electron chi connectivity index (χ0n) is 9.30. The smallest absolute Gasteiger partial charge is 0.307 e. The van der Waals surface area contributed by atoms with E-state index in [4.69, 9.17) is 5.73 Å². The number of ether oxygens (including phenoxy) is 1. The monoisotopic (exact) mass is 278 g/mol. The van der Waals surface area contributed by atoms with E-state index >= 15 is 0 Å². The number of nitrogen functional groups attached to an aromatic ring is 1. The van der Waals surface area contributed by atoms with Crippen LogP contribution in [0.25, 0.3) is 0 Å². The molecule has 0 amide bonds. The zero-order chi connectivity index (χ0) is 12.9. The summed E-state index contributed by atoms with van der Waals surface area (Å²) in [6, 6.07) is 1.37. The fraction of sp³-hybridized carbons (Fsp3) is 0.444. The van der Waals surface area contributed by atoms with Crippen molar-refractivity contribution >= 4 is 33.0 Å². The van der Waals surface area contributed by atoms with Crippen LogP contribution in [0, 0.1) is 0 Å². The summed E-state index contributed by atoms with van der Waals surface area (Å²) in [5, 5.41) is 1.54. The van der Waals surface area contributed by atoms with Gasteiger partial charge in [-0.1, -0.05) is 0 Å². The minimum atomic E-state index is -3.57. The van der Waals surface area contributed by atoms with Crippen LogP contribution in [-0.2, 0) is 19.6 Å².